The Bertz CT molecular complexity index is 312. The van der Waals surface area contributed by atoms with Crippen LogP contribution in [0, 0.1) is 0 Å². The molecule has 0 radical (unpaired) electrons. The van der Waals surface area contributed by atoms with Crippen molar-refractivity contribution in [3.05, 3.63) is 11.7 Å². The van der Waals surface area contributed by atoms with Crippen molar-refractivity contribution in [3.8, 4) is 0 Å². The van der Waals surface area contributed by atoms with Gasteiger partial charge in [0.05, 0.1) is 6.54 Å². The fraction of sp³-hybridized carbons (Fsp3) is 0.800. The highest BCUT2D eigenvalue weighted by molar-refractivity contribution is 4.91. The van der Waals surface area contributed by atoms with Crippen molar-refractivity contribution in [2.45, 2.75) is 38.3 Å². The molecule has 1 aliphatic heterocycles. The van der Waals surface area contributed by atoms with Crippen LogP contribution in [0.25, 0.3) is 0 Å². The number of likely N-dealkylation sites (tertiary alicyclic amines) is 1. The smallest absolute Gasteiger partial charge is 0.240 e. The van der Waals surface area contributed by atoms with E-state index in [1.807, 2.05) is 0 Å². The summed E-state index contributed by atoms with van der Waals surface area (Å²) in [6, 6.07) is 0.557. The van der Waals surface area contributed by atoms with Gasteiger partial charge in [0, 0.05) is 12.5 Å². The van der Waals surface area contributed by atoms with E-state index in [1.54, 1.807) is 0 Å². The molecule has 1 aromatic rings. The SMILES string of the molecule is CN1CCCCC1Cc1noc(CN)n1. The molecule has 1 aromatic heterocycles. The molecule has 0 spiro atoms. The van der Waals surface area contributed by atoms with E-state index in [9.17, 15) is 0 Å². The van der Waals surface area contributed by atoms with Crippen molar-refractivity contribution >= 4 is 0 Å². The van der Waals surface area contributed by atoms with Gasteiger partial charge in [-0.1, -0.05) is 11.6 Å². The highest BCUT2D eigenvalue weighted by Gasteiger charge is 2.21. The molecule has 1 unspecified atom stereocenters. The molecule has 5 heteroatoms. The molecule has 2 rings (SSSR count). The number of likely N-dealkylation sites (N-methyl/N-ethyl adjacent to an activating group) is 1. The maximum atomic E-state index is 5.42. The lowest BCUT2D eigenvalue weighted by molar-refractivity contribution is 0.181. The molecular formula is C10H18N4O. The maximum absolute atomic E-state index is 5.42. The van der Waals surface area contributed by atoms with Crippen LogP contribution in [0.3, 0.4) is 0 Å². The van der Waals surface area contributed by atoms with E-state index in [-0.39, 0.29) is 0 Å². The van der Waals surface area contributed by atoms with Crippen LogP contribution in [0.5, 0.6) is 0 Å². The molecule has 0 aliphatic carbocycles. The molecule has 0 aromatic carbocycles. The van der Waals surface area contributed by atoms with Gasteiger partial charge in [-0.2, -0.15) is 4.98 Å². The molecule has 2 heterocycles. The Kier molecular flexibility index (Phi) is 3.33. The van der Waals surface area contributed by atoms with Gasteiger partial charge in [-0.15, -0.1) is 0 Å². The highest BCUT2D eigenvalue weighted by atomic mass is 16.5. The molecule has 5 nitrogen and oxygen atoms in total. The normalized spacial score (nSPS) is 23.2. The van der Waals surface area contributed by atoms with E-state index in [2.05, 4.69) is 22.1 Å². The topological polar surface area (TPSA) is 68.2 Å². The van der Waals surface area contributed by atoms with Gasteiger partial charge >= 0.3 is 0 Å². The monoisotopic (exact) mass is 210 g/mol. The van der Waals surface area contributed by atoms with E-state index >= 15 is 0 Å². The van der Waals surface area contributed by atoms with Crippen LogP contribution >= 0.6 is 0 Å². The zero-order valence-electron chi connectivity index (χ0n) is 9.15. The van der Waals surface area contributed by atoms with Crippen LogP contribution in [-0.2, 0) is 13.0 Å². The average molecular weight is 210 g/mol. The van der Waals surface area contributed by atoms with E-state index < -0.39 is 0 Å². The van der Waals surface area contributed by atoms with Crippen molar-refractivity contribution in [2.75, 3.05) is 13.6 Å². The third-order valence-electron chi connectivity index (χ3n) is 3.02. The first-order chi connectivity index (χ1) is 7.29. The first-order valence-corrected chi connectivity index (χ1v) is 5.51. The lowest BCUT2D eigenvalue weighted by atomic mass is 10.00. The second-order valence-electron chi connectivity index (χ2n) is 4.14. The molecule has 1 saturated heterocycles. The minimum Gasteiger partial charge on any atom is -0.338 e. The number of nitrogens with zero attached hydrogens (tertiary/aromatic N) is 3. The number of nitrogens with two attached hydrogens (primary N) is 1. The third kappa shape index (κ3) is 2.54. The summed E-state index contributed by atoms with van der Waals surface area (Å²) in [4.78, 5) is 6.60. The van der Waals surface area contributed by atoms with Crippen LogP contribution in [0.1, 0.15) is 31.0 Å². The van der Waals surface area contributed by atoms with Gasteiger partial charge in [0.15, 0.2) is 5.82 Å². The Hall–Kier alpha value is -0.940. The Balaban J connectivity index is 1.95. The van der Waals surface area contributed by atoms with Gasteiger partial charge in [0.2, 0.25) is 5.89 Å². The van der Waals surface area contributed by atoms with Crippen LogP contribution in [0.4, 0.5) is 0 Å². The summed E-state index contributed by atoms with van der Waals surface area (Å²) >= 11 is 0. The molecule has 1 aliphatic rings. The number of hydrogen-bond donors (Lipinski definition) is 1. The van der Waals surface area contributed by atoms with Crippen molar-refractivity contribution in [2.24, 2.45) is 5.73 Å². The summed E-state index contributed by atoms with van der Waals surface area (Å²) in [6.45, 7) is 1.50. The molecule has 1 fully saturated rings. The maximum Gasteiger partial charge on any atom is 0.240 e. The fourth-order valence-corrected chi connectivity index (χ4v) is 2.07. The molecule has 0 bridgehead atoms. The molecule has 0 saturated carbocycles. The minimum absolute atomic E-state index is 0.327. The minimum atomic E-state index is 0.327. The van der Waals surface area contributed by atoms with Crippen molar-refractivity contribution in [1.82, 2.24) is 15.0 Å². The first kappa shape index (κ1) is 10.6. The van der Waals surface area contributed by atoms with Gasteiger partial charge in [0.1, 0.15) is 0 Å². The number of piperidine rings is 1. The summed E-state index contributed by atoms with van der Waals surface area (Å²) in [5.41, 5.74) is 5.42. The predicted octanol–water partition coefficient (Wildman–Crippen LogP) is 0.555. The Labute approximate surface area is 89.6 Å². The van der Waals surface area contributed by atoms with Gasteiger partial charge in [-0.25, -0.2) is 0 Å². The van der Waals surface area contributed by atoms with Crippen LogP contribution < -0.4 is 5.73 Å². The Morgan fingerprint density at radius 3 is 3.07 bits per heavy atom. The van der Waals surface area contributed by atoms with Gasteiger partial charge in [-0.05, 0) is 26.4 Å². The summed E-state index contributed by atoms with van der Waals surface area (Å²) in [7, 11) is 2.16. The third-order valence-corrected chi connectivity index (χ3v) is 3.02. The van der Waals surface area contributed by atoms with Gasteiger partial charge in [0.25, 0.3) is 0 Å². The molecular weight excluding hydrogens is 192 g/mol. The Morgan fingerprint density at radius 2 is 2.40 bits per heavy atom. The van der Waals surface area contributed by atoms with E-state index in [0.29, 0.717) is 18.5 Å². The van der Waals surface area contributed by atoms with Gasteiger partial charge < -0.3 is 15.2 Å². The van der Waals surface area contributed by atoms with Gasteiger partial charge in [-0.3, -0.25) is 0 Å². The van der Waals surface area contributed by atoms with E-state index in [1.165, 1.54) is 25.8 Å². The van der Waals surface area contributed by atoms with Crippen molar-refractivity contribution in [1.29, 1.82) is 0 Å². The number of aromatic nitrogens is 2. The zero-order valence-corrected chi connectivity index (χ0v) is 9.15. The fourth-order valence-electron chi connectivity index (χ4n) is 2.07. The molecule has 1 atom stereocenters. The lowest BCUT2D eigenvalue weighted by Crippen LogP contribution is -2.37. The number of hydrogen-bond acceptors (Lipinski definition) is 5. The summed E-state index contributed by atoms with van der Waals surface area (Å²) in [5, 5.41) is 3.92. The van der Waals surface area contributed by atoms with Crippen LogP contribution in [0.2, 0.25) is 0 Å². The largest absolute Gasteiger partial charge is 0.338 e. The first-order valence-electron chi connectivity index (χ1n) is 5.51. The van der Waals surface area contributed by atoms with Crippen LogP contribution in [0.15, 0.2) is 4.52 Å². The number of rotatable bonds is 3. The molecule has 84 valence electrons. The van der Waals surface area contributed by atoms with E-state index in [0.717, 1.165) is 12.2 Å². The summed E-state index contributed by atoms with van der Waals surface area (Å²) in [6.07, 6.45) is 4.70. The molecule has 0 amide bonds. The molecule has 2 N–H and O–H groups in total. The second-order valence-corrected chi connectivity index (χ2v) is 4.14. The van der Waals surface area contributed by atoms with Crippen molar-refractivity contribution < 1.29 is 4.52 Å². The zero-order chi connectivity index (χ0) is 10.7. The van der Waals surface area contributed by atoms with Crippen molar-refractivity contribution in [3.63, 3.8) is 0 Å². The summed E-state index contributed by atoms with van der Waals surface area (Å²) < 4.78 is 4.99. The van der Waals surface area contributed by atoms with Crippen LogP contribution in [-0.4, -0.2) is 34.7 Å². The highest BCUT2D eigenvalue weighted by Crippen LogP contribution is 2.17. The molecule has 15 heavy (non-hydrogen) atoms. The quantitative estimate of drug-likeness (QED) is 0.789. The Morgan fingerprint density at radius 1 is 1.53 bits per heavy atom. The summed E-state index contributed by atoms with van der Waals surface area (Å²) in [5.74, 6) is 1.32. The van der Waals surface area contributed by atoms with E-state index in [4.69, 9.17) is 10.3 Å². The predicted molar refractivity (Wildman–Crippen MR) is 56.2 cm³/mol. The lowest BCUT2D eigenvalue weighted by Gasteiger charge is -2.31. The second kappa shape index (κ2) is 4.72. The standard InChI is InChI=1S/C10H18N4O/c1-14-5-3-2-4-8(14)6-9-12-10(7-11)15-13-9/h8H,2-7,11H2,1H3. The average Bonchev–Trinajstić information content (AvgIpc) is 2.69.